The lowest BCUT2D eigenvalue weighted by Gasteiger charge is -2.14. The van der Waals surface area contributed by atoms with Gasteiger partial charge in [0.05, 0.1) is 18.4 Å². The molecule has 0 atom stereocenters. The zero-order valence-corrected chi connectivity index (χ0v) is 15.7. The van der Waals surface area contributed by atoms with Crippen LogP contribution in [0.1, 0.15) is 43.1 Å². The van der Waals surface area contributed by atoms with Crippen LogP contribution in [0.3, 0.4) is 0 Å². The number of para-hydroxylation sites is 1. The molecule has 1 saturated carbocycles. The fourth-order valence-corrected chi connectivity index (χ4v) is 3.13. The molecule has 0 aliphatic heterocycles. The molecule has 0 radical (unpaired) electrons. The van der Waals surface area contributed by atoms with E-state index in [1.807, 2.05) is 0 Å². The van der Waals surface area contributed by atoms with Gasteiger partial charge in [0, 0.05) is 6.04 Å². The zero-order valence-electron chi connectivity index (χ0n) is 15.7. The molecule has 0 saturated heterocycles. The standard InChI is InChI=1S/C20H23N3O5/c1-2-27-20(26)19-16(28-13-17(24)21-14-8-6-7-9-14)12-18(25)23(22-19)15-10-4-3-5-11-15/h3-5,10-12,14H,2,6-9,13H2,1H3,(H,21,24). The number of esters is 1. The second kappa shape index (κ2) is 9.16. The van der Waals surface area contributed by atoms with Gasteiger partial charge in [-0.2, -0.15) is 9.78 Å². The molecule has 1 aliphatic carbocycles. The SMILES string of the molecule is CCOC(=O)c1nn(-c2ccccc2)c(=O)cc1OCC(=O)NC1CCCC1. The van der Waals surface area contributed by atoms with Gasteiger partial charge in [-0.1, -0.05) is 31.0 Å². The summed E-state index contributed by atoms with van der Waals surface area (Å²) in [5, 5.41) is 7.01. The Morgan fingerprint density at radius 1 is 1.21 bits per heavy atom. The molecule has 1 heterocycles. The first-order valence-corrected chi connectivity index (χ1v) is 9.37. The molecule has 148 valence electrons. The summed E-state index contributed by atoms with van der Waals surface area (Å²) in [5.41, 5.74) is -0.131. The molecular weight excluding hydrogens is 362 g/mol. The van der Waals surface area contributed by atoms with Gasteiger partial charge in [0.15, 0.2) is 12.4 Å². The average Bonchev–Trinajstić information content (AvgIpc) is 3.20. The number of amides is 1. The van der Waals surface area contributed by atoms with Gasteiger partial charge in [-0.25, -0.2) is 4.79 Å². The van der Waals surface area contributed by atoms with E-state index < -0.39 is 11.5 Å². The molecule has 8 heteroatoms. The molecule has 1 aliphatic rings. The highest BCUT2D eigenvalue weighted by Gasteiger charge is 2.22. The summed E-state index contributed by atoms with van der Waals surface area (Å²) in [7, 11) is 0. The number of ether oxygens (including phenoxy) is 2. The van der Waals surface area contributed by atoms with Gasteiger partial charge in [-0.15, -0.1) is 0 Å². The Hall–Kier alpha value is -3.16. The topological polar surface area (TPSA) is 99.5 Å². The van der Waals surface area contributed by atoms with Crippen molar-refractivity contribution in [3.63, 3.8) is 0 Å². The van der Waals surface area contributed by atoms with Gasteiger partial charge in [0.1, 0.15) is 0 Å². The minimum absolute atomic E-state index is 0.0720. The van der Waals surface area contributed by atoms with E-state index in [1.54, 1.807) is 37.3 Å². The van der Waals surface area contributed by atoms with Gasteiger partial charge >= 0.3 is 5.97 Å². The maximum atomic E-state index is 12.5. The van der Waals surface area contributed by atoms with E-state index in [1.165, 1.54) is 0 Å². The Morgan fingerprint density at radius 2 is 1.93 bits per heavy atom. The predicted molar refractivity (Wildman–Crippen MR) is 102 cm³/mol. The molecule has 8 nitrogen and oxygen atoms in total. The fourth-order valence-electron chi connectivity index (χ4n) is 3.13. The van der Waals surface area contributed by atoms with Crippen molar-refractivity contribution in [1.82, 2.24) is 15.1 Å². The van der Waals surface area contributed by atoms with E-state index >= 15 is 0 Å². The van der Waals surface area contributed by atoms with Crippen LogP contribution in [-0.4, -0.2) is 40.9 Å². The monoisotopic (exact) mass is 385 g/mol. The highest BCUT2D eigenvalue weighted by Crippen LogP contribution is 2.18. The minimum Gasteiger partial charge on any atom is -0.481 e. The first kappa shape index (κ1) is 19.6. The van der Waals surface area contributed by atoms with Crippen LogP contribution in [0, 0.1) is 0 Å². The lowest BCUT2D eigenvalue weighted by Crippen LogP contribution is -2.36. The quantitative estimate of drug-likeness (QED) is 0.730. The van der Waals surface area contributed by atoms with Crippen molar-refractivity contribution < 1.29 is 19.1 Å². The average molecular weight is 385 g/mol. The Kier molecular flexibility index (Phi) is 6.41. The molecule has 0 spiro atoms. The lowest BCUT2D eigenvalue weighted by molar-refractivity contribution is -0.123. The minimum atomic E-state index is -0.724. The molecule has 2 aromatic rings. The maximum absolute atomic E-state index is 12.5. The Balaban J connectivity index is 1.82. The Bertz CT molecular complexity index is 888. The zero-order chi connectivity index (χ0) is 19.9. The van der Waals surface area contributed by atoms with Crippen molar-refractivity contribution in [2.24, 2.45) is 0 Å². The van der Waals surface area contributed by atoms with Crippen LogP contribution >= 0.6 is 0 Å². The van der Waals surface area contributed by atoms with E-state index in [0.29, 0.717) is 5.69 Å². The van der Waals surface area contributed by atoms with Crippen molar-refractivity contribution in [1.29, 1.82) is 0 Å². The van der Waals surface area contributed by atoms with E-state index in [-0.39, 0.29) is 36.6 Å². The lowest BCUT2D eigenvalue weighted by atomic mass is 10.2. The number of carbonyl (C=O) groups excluding carboxylic acids is 2. The van der Waals surface area contributed by atoms with Crippen LogP contribution in [0.5, 0.6) is 5.75 Å². The fraction of sp³-hybridized carbons (Fsp3) is 0.400. The van der Waals surface area contributed by atoms with Crippen LogP contribution in [0.4, 0.5) is 0 Å². The van der Waals surface area contributed by atoms with E-state index in [4.69, 9.17) is 9.47 Å². The van der Waals surface area contributed by atoms with Crippen molar-refractivity contribution in [2.45, 2.75) is 38.6 Å². The number of nitrogens with one attached hydrogen (secondary N) is 1. The normalized spacial score (nSPS) is 13.9. The second-order valence-electron chi connectivity index (χ2n) is 6.50. The van der Waals surface area contributed by atoms with Gasteiger partial charge in [0.2, 0.25) is 5.69 Å². The molecular formula is C20H23N3O5. The number of hydrogen-bond donors (Lipinski definition) is 1. The summed E-state index contributed by atoms with van der Waals surface area (Å²) in [4.78, 5) is 36.9. The molecule has 28 heavy (non-hydrogen) atoms. The summed E-state index contributed by atoms with van der Waals surface area (Å²) in [5.74, 6) is -1.09. The van der Waals surface area contributed by atoms with Gasteiger partial charge < -0.3 is 14.8 Å². The predicted octanol–water partition coefficient (Wildman–Crippen LogP) is 1.85. The van der Waals surface area contributed by atoms with E-state index in [2.05, 4.69) is 10.4 Å². The van der Waals surface area contributed by atoms with Gasteiger partial charge in [-0.05, 0) is 31.9 Å². The summed E-state index contributed by atoms with van der Waals surface area (Å²) in [6, 6.07) is 10.0. The third kappa shape index (κ3) is 4.76. The molecule has 1 N–H and O–H groups in total. The van der Waals surface area contributed by atoms with Crippen LogP contribution < -0.4 is 15.6 Å². The third-order valence-electron chi connectivity index (χ3n) is 4.45. The summed E-state index contributed by atoms with van der Waals surface area (Å²) < 4.78 is 11.6. The highest BCUT2D eigenvalue weighted by molar-refractivity contribution is 5.90. The third-order valence-corrected chi connectivity index (χ3v) is 4.45. The maximum Gasteiger partial charge on any atom is 0.362 e. The van der Waals surface area contributed by atoms with Gasteiger partial charge in [-0.3, -0.25) is 9.59 Å². The van der Waals surface area contributed by atoms with Crippen LogP contribution in [0.2, 0.25) is 0 Å². The number of aromatic nitrogens is 2. The molecule has 1 amide bonds. The summed E-state index contributed by atoms with van der Waals surface area (Å²) >= 11 is 0. The smallest absolute Gasteiger partial charge is 0.362 e. The van der Waals surface area contributed by atoms with Gasteiger partial charge in [0.25, 0.3) is 11.5 Å². The first-order valence-electron chi connectivity index (χ1n) is 9.37. The molecule has 0 unspecified atom stereocenters. The number of carbonyl (C=O) groups is 2. The van der Waals surface area contributed by atoms with Crippen molar-refractivity contribution in [3.8, 4) is 11.4 Å². The van der Waals surface area contributed by atoms with E-state index in [0.717, 1.165) is 36.4 Å². The van der Waals surface area contributed by atoms with Crippen molar-refractivity contribution >= 4 is 11.9 Å². The largest absolute Gasteiger partial charge is 0.481 e. The first-order chi connectivity index (χ1) is 13.6. The molecule has 3 rings (SSSR count). The molecule has 1 fully saturated rings. The highest BCUT2D eigenvalue weighted by atomic mass is 16.5. The van der Waals surface area contributed by atoms with Crippen LogP contribution in [0.25, 0.3) is 5.69 Å². The number of hydrogen-bond acceptors (Lipinski definition) is 6. The van der Waals surface area contributed by atoms with Crippen LogP contribution in [-0.2, 0) is 9.53 Å². The second-order valence-corrected chi connectivity index (χ2v) is 6.50. The number of rotatable bonds is 7. The van der Waals surface area contributed by atoms with Crippen LogP contribution in [0.15, 0.2) is 41.2 Å². The van der Waals surface area contributed by atoms with Crippen molar-refractivity contribution in [3.05, 3.63) is 52.4 Å². The number of benzene rings is 1. The van der Waals surface area contributed by atoms with Crippen molar-refractivity contribution in [2.75, 3.05) is 13.2 Å². The molecule has 1 aromatic heterocycles. The molecule has 0 bridgehead atoms. The molecule has 1 aromatic carbocycles. The van der Waals surface area contributed by atoms with E-state index in [9.17, 15) is 14.4 Å². The Labute approximate surface area is 162 Å². The summed E-state index contributed by atoms with van der Waals surface area (Å²) in [6.45, 7) is 1.51. The summed E-state index contributed by atoms with van der Waals surface area (Å²) in [6.07, 6.45) is 4.10. The number of nitrogens with zero attached hydrogens (tertiary/aromatic N) is 2. The Morgan fingerprint density at radius 3 is 2.61 bits per heavy atom.